The van der Waals surface area contributed by atoms with Crippen molar-refractivity contribution in [2.75, 3.05) is 20.3 Å². The van der Waals surface area contributed by atoms with Gasteiger partial charge in [-0.15, -0.1) is 0 Å². The van der Waals surface area contributed by atoms with E-state index in [1.54, 1.807) is 25.1 Å². The molecule has 0 saturated heterocycles. The van der Waals surface area contributed by atoms with E-state index in [0.29, 0.717) is 18.2 Å². The molecule has 0 N–H and O–H groups in total. The molecule has 0 amide bonds. The Morgan fingerprint density at radius 2 is 2.13 bits per heavy atom. The zero-order chi connectivity index (χ0) is 16.2. The molecule has 23 heavy (non-hydrogen) atoms. The first-order valence-corrected chi connectivity index (χ1v) is 8.57. The van der Waals surface area contributed by atoms with Crippen LogP contribution in [0.15, 0.2) is 47.6 Å². The van der Waals surface area contributed by atoms with Gasteiger partial charge in [-0.05, 0) is 23.8 Å². The summed E-state index contributed by atoms with van der Waals surface area (Å²) in [5.41, 5.74) is 2.05. The van der Waals surface area contributed by atoms with Crippen LogP contribution >= 0.6 is 23.4 Å². The van der Waals surface area contributed by atoms with Crippen LogP contribution in [0.4, 0.5) is 0 Å². The number of pyridine rings is 1. The van der Waals surface area contributed by atoms with Crippen molar-refractivity contribution < 1.29 is 9.53 Å². The number of halogens is 1. The van der Waals surface area contributed by atoms with Gasteiger partial charge < -0.3 is 9.53 Å². The predicted octanol–water partition coefficient (Wildman–Crippen LogP) is 3.73. The summed E-state index contributed by atoms with van der Waals surface area (Å²) in [7, 11) is 1.67. The summed E-state index contributed by atoms with van der Waals surface area (Å²) in [6.45, 7) is 1.22. The number of hydrogen-bond acceptors (Lipinski definition) is 5. The molecule has 2 unspecified atom stereocenters. The highest BCUT2D eigenvalue weighted by Crippen LogP contribution is 2.47. The molecule has 0 fully saturated rings. The molecule has 1 aliphatic heterocycles. The van der Waals surface area contributed by atoms with Gasteiger partial charge in [0.1, 0.15) is 11.3 Å². The van der Waals surface area contributed by atoms with Crippen LogP contribution in [0.1, 0.15) is 22.5 Å². The van der Waals surface area contributed by atoms with E-state index in [4.69, 9.17) is 16.3 Å². The maximum atomic E-state index is 11.8. The number of carbonyl (C=O) groups excluding carboxylic acids is 1. The molecule has 2 heterocycles. The molecule has 120 valence electrons. The largest absolute Gasteiger partial charge is 0.383 e. The topological polar surface area (TPSA) is 42.4 Å². The van der Waals surface area contributed by atoms with E-state index in [1.807, 2.05) is 36.4 Å². The van der Waals surface area contributed by atoms with Gasteiger partial charge in [0.25, 0.3) is 0 Å². The van der Waals surface area contributed by atoms with Crippen LogP contribution in [0.2, 0.25) is 5.02 Å². The lowest BCUT2D eigenvalue weighted by atomic mass is 10.1. The monoisotopic (exact) mass is 348 g/mol. The number of aldehydes is 1. The number of carbonyl (C=O) groups is 1. The first kappa shape index (κ1) is 16.5. The Morgan fingerprint density at radius 1 is 1.35 bits per heavy atom. The van der Waals surface area contributed by atoms with Crippen LogP contribution in [0.3, 0.4) is 0 Å². The smallest absolute Gasteiger partial charge is 0.141 e. The van der Waals surface area contributed by atoms with E-state index in [0.717, 1.165) is 22.4 Å². The van der Waals surface area contributed by atoms with E-state index in [1.165, 1.54) is 0 Å². The normalized spacial score (nSPS) is 21.0. The second kappa shape index (κ2) is 7.45. The van der Waals surface area contributed by atoms with E-state index in [-0.39, 0.29) is 11.4 Å². The van der Waals surface area contributed by atoms with Gasteiger partial charge in [0.05, 0.1) is 18.0 Å². The molecule has 4 nitrogen and oxygen atoms in total. The number of thioether (sulfide) groups is 1. The number of nitrogens with zero attached hydrogens (tertiary/aromatic N) is 2. The molecule has 0 aliphatic carbocycles. The molecule has 1 aromatic heterocycles. The summed E-state index contributed by atoms with van der Waals surface area (Å²) >= 11 is 7.65. The molecule has 1 aromatic carbocycles. The SMILES string of the molecule is COCCN1C(C=O)c2cccnc2SC1c1ccc(Cl)cc1. The Hall–Kier alpha value is -1.40. The number of ether oxygens (including phenoxy) is 1. The minimum absolute atomic E-state index is 0.0000154. The highest BCUT2D eigenvalue weighted by molar-refractivity contribution is 7.99. The number of aromatic nitrogens is 1. The molecule has 0 spiro atoms. The van der Waals surface area contributed by atoms with Crippen molar-refractivity contribution in [3.8, 4) is 0 Å². The lowest BCUT2D eigenvalue weighted by Gasteiger charge is -2.39. The Balaban J connectivity index is 2.01. The van der Waals surface area contributed by atoms with Crippen LogP contribution in [-0.2, 0) is 9.53 Å². The van der Waals surface area contributed by atoms with Crippen molar-refractivity contribution in [3.63, 3.8) is 0 Å². The van der Waals surface area contributed by atoms with Crippen LogP contribution in [0, 0.1) is 0 Å². The second-order valence-corrected chi connectivity index (χ2v) is 6.74. The van der Waals surface area contributed by atoms with Crippen LogP contribution in [-0.4, -0.2) is 36.4 Å². The molecule has 0 radical (unpaired) electrons. The maximum absolute atomic E-state index is 11.8. The van der Waals surface area contributed by atoms with Crippen molar-refractivity contribution >= 4 is 29.6 Å². The van der Waals surface area contributed by atoms with E-state index >= 15 is 0 Å². The third kappa shape index (κ3) is 3.43. The maximum Gasteiger partial charge on any atom is 0.141 e. The van der Waals surface area contributed by atoms with E-state index in [2.05, 4.69) is 9.88 Å². The minimum Gasteiger partial charge on any atom is -0.383 e. The molecule has 3 rings (SSSR count). The summed E-state index contributed by atoms with van der Waals surface area (Å²) < 4.78 is 5.23. The summed E-state index contributed by atoms with van der Waals surface area (Å²) in [4.78, 5) is 18.4. The zero-order valence-electron chi connectivity index (χ0n) is 12.7. The fourth-order valence-electron chi connectivity index (χ4n) is 2.72. The Kier molecular flexibility index (Phi) is 5.33. The van der Waals surface area contributed by atoms with Gasteiger partial charge in [-0.1, -0.05) is 41.6 Å². The number of benzene rings is 1. The Bertz CT molecular complexity index is 681. The highest BCUT2D eigenvalue weighted by Gasteiger charge is 2.36. The van der Waals surface area contributed by atoms with Crippen molar-refractivity contribution in [2.24, 2.45) is 0 Å². The van der Waals surface area contributed by atoms with Gasteiger partial charge in [0.2, 0.25) is 0 Å². The van der Waals surface area contributed by atoms with Gasteiger partial charge in [0, 0.05) is 30.4 Å². The molecule has 2 atom stereocenters. The predicted molar refractivity (Wildman–Crippen MR) is 91.7 cm³/mol. The third-order valence-corrected chi connectivity index (χ3v) is 5.42. The minimum atomic E-state index is -0.323. The average Bonchev–Trinajstić information content (AvgIpc) is 2.59. The number of rotatable bonds is 5. The van der Waals surface area contributed by atoms with Crippen LogP contribution in [0.5, 0.6) is 0 Å². The lowest BCUT2D eigenvalue weighted by molar-refractivity contribution is -0.113. The quantitative estimate of drug-likeness (QED) is 0.770. The van der Waals surface area contributed by atoms with Crippen LogP contribution < -0.4 is 0 Å². The van der Waals surface area contributed by atoms with Crippen LogP contribution in [0.25, 0.3) is 0 Å². The number of fused-ring (bicyclic) bond motifs is 1. The number of hydrogen-bond donors (Lipinski definition) is 0. The molecule has 2 aromatic rings. The van der Waals surface area contributed by atoms with Gasteiger partial charge in [-0.3, -0.25) is 4.90 Å². The van der Waals surface area contributed by atoms with Crippen molar-refractivity contribution in [1.29, 1.82) is 0 Å². The summed E-state index contributed by atoms with van der Waals surface area (Å²) in [5.74, 6) is 0. The third-order valence-electron chi connectivity index (χ3n) is 3.84. The molecule has 0 bridgehead atoms. The molecule has 1 aliphatic rings. The molecular weight excluding hydrogens is 332 g/mol. The van der Waals surface area contributed by atoms with Gasteiger partial charge in [-0.25, -0.2) is 4.98 Å². The van der Waals surface area contributed by atoms with Crippen molar-refractivity contribution in [1.82, 2.24) is 9.88 Å². The first-order valence-electron chi connectivity index (χ1n) is 7.31. The standard InChI is InChI=1S/C17H17ClN2O2S/c1-22-10-9-20-15(11-21)14-3-2-8-19-16(14)23-17(20)12-4-6-13(18)7-5-12/h2-8,11,15,17H,9-10H2,1H3. The summed E-state index contributed by atoms with van der Waals surface area (Å²) in [5, 5.41) is 1.60. The molecular formula is C17H17ClN2O2S. The first-order chi connectivity index (χ1) is 11.2. The highest BCUT2D eigenvalue weighted by atomic mass is 35.5. The van der Waals surface area contributed by atoms with Crippen molar-refractivity contribution in [2.45, 2.75) is 16.4 Å². The summed E-state index contributed by atoms with van der Waals surface area (Å²) in [6.07, 6.45) is 2.75. The fraction of sp³-hybridized carbons (Fsp3) is 0.294. The Morgan fingerprint density at radius 3 is 2.83 bits per heavy atom. The average molecular weight is 349 g/mol. The van der Waals surface area contributed by atoms with Gasteiger partial charge in [0.15, 0.2) is 0 Å². The second-order valence-electron chi connectivity index (χ2n) is 5.23. The molecule has 0 saturated carbocycles. The Labute approximate surface area is 144 Å². The van der Waals surface area contributed by atoms with Gasteiger partial charge in [-0.2, -0.15) is 0 Å². The fourth-order valence-corrected chi connectivity index (χ4v) is 4.17. The van der Waals surface area contributed by atoms with Crippen molar-refractivity contribution in [3.05, 3.63) is 58.7 Å². The molecule has 6 heteroatoms. The van der Waals surface area contributed by atoms with E-state index in [9.17, 15) is 4.79 Å². The zero-order valence-corrected chi connectivity index (χ0v) is 14.3. The lowest BCUT2D eigenvalue weighted by Crippen LogP contribution is -2.38. The number of methoxy groups -OCH3 is 1. The van der Waals surface area contributed by atoms with Gasteiger partial charge >= 0.3 is 0 Å². The van der Waals surface area contributed by atoms with E-state index < -0.39 is 0 Å². The summed E-state index contributed by atoms with van der Waals surface area (Å²) in [6, 6.07) is 11.2.